The highest BCUT2D eigenvalue weighted by Gasteiger charge is 2.30. The van der Waals surface area contributed by atoms with Crippen LogP contribution in [0, 0.1) is 0 Å². The lowest BCUT2D eigenvalue weighted by Crippen LogP contribution is -2.37. The summed E-state index contributed by atoms with van der Waals surface area (Å²) < 4.78 is 1.10. The van der Waals surface area contributed by atoms with Gasteiger partial charge in [-0.2, -0.15) is 0 Å². The highest BCUT2D eigenvalue weighted by Crippen LogP contribution is 2.34. The van der Waals surface area contributed by atoms with Crippen LogP contribution < -0.4 is 5.73 Å². The molecule has 0 aromatic heterocycles. The second-order valence-electron chi connectivity index (χ2n) is 4.86. The molecule has 0 radical (unpaired) electrons. The minimum Gasteiger partial charge on any atom is -0.329 e. The average Bonchev–Trinajstić information content (AvgIpc) is 2.83. The zero-order chi connectivity index (χ0) is 13.1. The normalized spacial score (nSPS) is 22.3. The van der Waals surface area contributed by atoms with E-state index in [1.807, 2.05) is 18.2 Å². The fourth-order valence-corrected chi connectivity index (χ4v) is 3.61. The molecule has 1 aromatic rings. The molecule has 0 bridgehead atoms. The first-order valence-corrected chi connectivity index (χ1v) is 7.75. The molecule has 1 aliphatic heterocycles. The second-order valence-corrected chi connectivity index (χ2v) is 6.15. The molecule has 2 unspecified atom stereocenters. The standard InChI is InChI=1S/C14H20BrClN2/c1-2-11-4-3-7-18(11)14(9-17)12-8-10(16)5-6-13(12)15/h5-6,8,11,14H,2-4,7,9,17H2,1H3. The first-order valence-electron chi connectivity index (χ1n) is 6.58. The summed E-state index contributed by atoms with van der Waals surface area (Å²) in [5.41, 5.74) is 7.23. The Morgan fingerprint density at radius 2 is 2.33 bits per heavy atom. The Morgan fingerprint density at radius 3 is 3.00 bits per heavy atom. The van der Waals surface area contributed by atoms with Crippen molar-refractivity contribution < 1.29 is 0 Å². The second kappa shape index (κ2) is 6.38. The third kappa shape index (κ3) is 2.90. The molecule has 1 saturated heterocycles. The summed E-state index contributed by atoms with van der Waals surface area (Å²) in [6, 6.07) is 6.88. The molecule has 1 heterocycles. The van der Waals surface area contributed by atoms with Gasteiger partial charge in [0, 0.05) is 28.1 Å². The van der Waals surface area contributed by atoms with Gasteiger partial charge in [0.2, 0.25) is 0 Å². The number of nitrogens with zero attached hydrogens (tertiary/aromatic N) is 1. The topological polar surface area (TPSA) is 29.3 Å². The van der Waals surface area contributed by atoms with Gasteiger partial charge >= 0.3 is 0 Å². The van der Waals surface area contributed by atoms with E-state index in [0.717, 1.165) is 16.0 Å². The first-order chi connectivity index (χ1) is 8.67. The highest BCUT2D eigenvalue weighted by atomic mass is 79.9. The summed E-state index contributed by atoms with van der Waals surface area (Å²) in [7, 11) is 0. The lowest BCUT2D eigenvalue weighted by atomic mass is 10.0. The summed E-state index contributed by atoms with van der Waals surface area (Å²) in [5, 5.41) is 0.777. The van der Waals surface area contributed by atoms with E-state index in [4.69, 9.17) is 17.3 Å². The maximum atomic E-state index is 6.11. The summed E-state index contributed by atoms with van der Waals surface area (Å²) >= 11 is 9.73. The van der Waals surface area contributed by atoms with E-state index in [1.54, 1.807) is 0 Å². The lowest BCUT2D eigenvalue weighted by Gasteiger charge is -2.33. The number of benzene rings is 1. The number of hydrogen-bond donors (Lipinski definition) is 1. The van der Waals surface area contributed by atoms with Gasteiger partial charge in [0.15, 0.2) is 0 Å². The largest absolute Gasteiger partial charge is 0.329 e. The van der Waals surface area contributed by atoms with Crippen molar-refractivity contribution in [3.05, 3.63) is 33.3 Å². The van der Waals surface area contributed by atoms with Gasteiger partial charge in [0.25, 0.3) is 0 Å². The van der Waals surface area contributed by atoms with Gasteiger partial charge in [0.05, 0.1) is 0 Å². The van der Waals surface area contributed by atoms with E-state index in [-0.39, 0.29) is 6.04 Å². The van der Waals surface area contributed by atoms with Crippen LogP contribution in [0.5, 0.6) is 0 Å². The molecule has 0 amide bonds. The van der Waals surface area contributed by atoms with E-state index >= 15 is 0 Å². The minimum absolute atomic E-state index is 0.269. The fraction of sp³-hybridized carbons (Fsp3) is 0.571. The average molecular weight is 332 g/mol. The number of rotatable bonds is 4. The van der Waals surface area contributed by atoms with Crippen molar-refractivity contribution in [2.45, 2.75) is 38.3 Å². The summed E-state index contributed by atoms with van der Waals surface area (Å²) in [5.74, 6) is 0. The molecule has 100 valence electrons. The van der Waals surface area contributed by atoms with Crippen molar-refractivity contribution >= 4 is 27.5 Å². The van der Waals surface area contributed by atoms with Gasteiger partial charge in [-0.1, -0.05) is 34.5 Å². The molecule has 1 aromatic carbocycles. The van der Waals surface area contributed by atoms with Crippen LogP contribution >= 0.6 is 27.5 Å². The predicted molar refractivity (Wildman–Crippen MR) is 81.0 cm³/mol. The van der Waals surface area contributed by atoms with E-state index in [0.29, 0.717) is 12.6 Å². The summed E-state index contributed by atoms with van der Waals surface area (Å²) in [4.78, 5) is 2.54. The zero-order valence-electron chi connectivity index (χ0n) is 10.7. The minimum atomic E-state index is 0.269. The number of likely N-dealkylation sites (tertiary alicyclic amines) is 1. The van der Waals surface area contributed by atoms with Crippen LogP contribution in [0.2, 0.25) is 5.02 Å². The van der Waals surface area contributed by atoms with Crippen LogP contribution in [0.1, 0.15) is 37.8 Å². The zero-order valence-corrected chi connectivity index (χ0v) is 13.0. The molecule has 4 heteroatoms. The number of hydrogen-bond acceptors (Lipinski definition) is 2. The Labute approximate surface area is 123 Å². The molecule has 1 fully saturated rings. The summed E-state index contributed by atoms with van der Waals surface area (Å²) in [6.45, 7) is 4.03. The van der Waals surface area contributed by atoms with Gasteiger partial charge in [-0.25, -0.2) is 0 Å². The lowest BCUT2D eigenvalue weighted by molar-refractivity contribution is 0.180. The molecular weight excluding hydrogens is 312 g/mol. The Bertz CT molecular complexity index is 411. The van der Waals surface area contributed by atoms with Crippen LogP contribution in [0.15, 0.2) is 22.7 Å². The molecule has 2 N–H and O–H groups in total. The van der Waals surface area contributed by atoms with Crippen molar-refractivity contribution in [2.75, 3.05) is 13.1 Å². The summed E-state index contributed by atoms with van der Waals surface area (Å²) in [6.07, 6.45) is 3.74. The predicted octanol–water partition coefficient (Wildman–Crippen LogP) is 3.98. The number of nitrogens with two attached hydrogens (primary N) is 1. The van der Waals surface area contributed by atoms with E-state index in [2.05, 4.69) is 27.8 Å². The van der Waals surface area contributed by atoms with Crippen LogP contribution in [0.25, 0.3) is 0 Å². The molecule has 18 heavy (non-hydrogen) atoms. The van der Waals surface area contributed by atoms with Crippen molar-refractivity contribution in [3.8, 4) is 0 Å². The maximum Gasteiger partial charge on any atom is 0.0485 e. The smallest absolute Gasteiger partial charge is 0.0485 e. The number of halogens is 2. The van der Waals surface area contributed by atoms with Crippen molar-refractivity contribution in [2.24, 2.45) is 5.73 Å². The molecule has 2 atom stereocenters. The molecule has 2 nitrogen and oxygen atoms in total. The fourth-order valence-electron chi connectivity index (χ4n) is 2.92. The Hall–Kier alpha value is -0.0900. The molecule has 0 saturated carbocycles. The monoisotopic (exact) mass is 330 g/mol. The molecule has 0 spiro atoms. The highest BCUT2D eigenvalue weighted by molar-refractivity contribution is 9.10. The quantitative estimate of drug-likeness (QED) is 0.904. The third-order valence-electron chi connectivity index (χ3n) is 3.83. The Balaban J connectivity index is 2.30. The Kier molecular flexibility index (Phi) is 5.07. The molecule has 1 aliphatic rings. The van der Waals surface area contributed by atoms with Crippen molar-refractivity contribution in [3.63, 3.8) is 0 Å². The van der Waals surface area contributed by atoms with Gasteiger partial charge in [-0.3, -0.25) is 4.90 Å². The van der Waals surface area contributed by atoms with E-state index < -0.39 is 0 Å². The Morgan fingerprint density at radius 1 is 1.56 bits per heavy atom. The maximum absolute atomic E-state index is 6.11. The van der Waals surface area contributed by atoms with E-state index in [9.17, 15) is 0 Å². The van der Waals surface area contributed by atoms with Gasteiger partial charge in [-0.05, 0) is 49.6 Å². The van der Waals surface area contributed by atoms with Crippen molar-refractivity contribution in [1.29, 1.82) is 0 Å². The third-order valence-corrected chi connectivity index (χ3v) is 4.79. The van der Waals surface area contributed by atoms with Crippen LogP contribution in [0.3, 0.4) is 0 Å². The molecular formula is C14H20BrClN2. The van der Waals surface area contributed by atoms with Gasteiger partial charge in [-0.15, -0.1) is 0 Å². The van der Waals surface area contributed by atoms with E-state index in [1.165, 1.54) is 24.8 Å². The van der Waals surface area contributed by atoms with Crippen LogP contribution in [-0.4, -0.2) is 24.0 Å². The van der Waals surface area contributed by atoms with Gasteiger partial charge < -0.3 is 5.73 Å². The van der Waals surface area contributed by atoms with Crippen LogP contribution in [0.4, 0.5) is 0 Å². The first kappa shape index (κ1) is 14.3. The van der Waals surface area contributed by atoms with Crippen LogP contribution in [-0.2, 0) is 0 Å². The molecule has 2 rings (SSSR count). The van der Waals surface area contributed by atoms with Crippen molar-refractivity contribution in [1.82, 2.24) is 4.90 Å². The SMILES string of the molecule is CCC1CCCN1C(CN)c1cc(Cl)ccc1Br. The molecule has 0 aliphatic carbocycles. The van der Waals surface area contributed by atoms with Gasteiger partial charge in [0.1, 0.15) is 0 Å².